The first kappa shape index (κ1) is 19.4. The summed E-state index contributed by atoms with van der Waals surface area (Å²) in [5, 5.41) is 0. The van der Waals surface area contributed by atoms with Gasteiger partial charge < -0.3 is 0 Å². The molecule has 0 spiro atoms. The summed E-state index contributed by atoms with van der Waals surface area (Å²) >= 11 is 2.08. The third kappa shape index (κ3) is 3.57. The van der Waals surface area contributed by atoms with Crippen molar-refractivity contribution in [3.63, 3.8) is 0 Å². The van der Waals surface area contributed by atoms with Crippen LogP contribution in [0.2, 0.25) is 0 Å². The molecule has 4 rings (SSSR count). The molecule has 1 aliphatic rings. The molecule has 0 unspecified atom stereocenters. The molecule has 1 aliphatic carbocycles. The average molecular weight is 393 g/mol. The van der Waals surface area contributed by atoms with E-state index in [4.69, 9.17) is 4.98 Å². The third-order valence-electron chi connectivity index (χ3n) is 5.97. The van der Waals surface area contributed by atoms with Crippen LogP contribution in [0.5, 0.6) is 0 Å². The van der Waals surface area contributed by atoms with Gasteiger partial charge in [0.1, 0.15) is 5.82 Å². The third-order valence-corrected chi connectivity index (χ3v) is 7.62. The van der Waals surface area contributed by atoms with E-state index in [2.05, 4.69) is 80.1 Å². The van der Waals surface area contributed by atoms with Gasteiger partial charge in [-0.2, -0.15) is 0 Å². The van der Waals surface area contributed by atoms with Gasteiger partial charge in [0.05, 0.1) is 5.69 Å². The fourth-order valence-electron chi connectivity index (χ4n) is 4.62. The molecule has 2 nitrogen and oxygen atoms in total. The minimum atomic E-state index is 0.515. The molecular formula is C25H32N2S. The summed E-state index contributed by atoms with van der Waals surface area (Å²) in [6.07, 6.45) is 11.0. The van der Waals surface area contributed by atoms with Gasteiger partial charge in [0.2, 0.25) is 0 Å². The normalized spacial score (nSPS) is 15.6. The maximum absolute atomic E-state index is 4.75. The first-order valence-electron chi connectivity index (χ1n) is 10.8. The van der Waals surface area contributed by atoms with Gasteiger partial charge >= 0.3 is 0 Å². The minimum absolute atomic E-state index is 0.515. The van der Waals surface area contributed by atoms with Crippen molar-refractivity contribution >= 4 is 11.3 Å². The molecule has 0 aliphatic heterocycles. The molecule has 0 radical (unpaired) electrons. The van der Waals surface area contributed by atoms with Crippen LogP contribution < -0.4 is 0 Å². The second-order valence-electron chi connectivity index (χ2n) is 8.72. The summed E-state index contributed by atoms with van der Waals surface area (Å²) in [6.45, 7) is 9.40. The van der Waals surface area contributed by atoms with Crippen LogP contribution in [-0.4, -0.2) is 9.55 Å². The van der Waals surface area contributed by atoms with E-state index in [1.807, 2.05) is 6.20 Å². The summed E-state index contributed by atoms with van der Waals surface area (Å²) in [7, 11) is 0. The van der Waals surface area contributed by atoms with Crippen LogP contribution in [0.1, 0.15) is 92.9 Å². The van der Waals surface area contributed by atoms with Gasteiger partial charge in [-0.25, -0.2) is 4.98 Å². The average Bonchev–Trinajstić information content (AvgIpc) is 3.34. The van der Waals surface area contributed by atoms with Gasteiger partial charge in [-0.3, -0.25) is 4.57 Å². The van der Waals surface area contributed by atoms with Gasteiger partial charge in [0.15, 0.2) is 0 Å². The molecule has 0 bridgehead atoms. The van der Waals surface area contributed by atoms with Crippen molar-refractivity contribution in [1.29, 1.82) is 0 Å². The fraction of sp³-hybridized carbons (Fsp3) is 0.480. The summed E-state index contributed by atoms with van der Waals surface area (Å²) < 4.78 is 2.36. The standard InChI is InChI=1S/C25H32N2S/c1-17(2)21-22(27-16-15-26-25(27)20-13-9-6-10-14-20)23(18(3)4)28-24(21)19-11-7-5-8-12-19/h6,9-10,13-19H,5,7-8,11-12H2,1-4H3. The molecule has 0 amide bonds. The van der Waals surface area contributed by atoms with Crippen molar-refractivity contribution < 1.29 is 0 Å². The highest BCUT2D eigenvalue weighted by Crippen LogP contribution is 2.48. The first-order chi connectivity index (χ1) is 13.6. The Balaban J connectivity index is 1.92. The Morgan fingerprint density at radius 1 is 0.964 bits per heavy atom. The van der Waals surface area contributed by atoms with E-state index >= 15 is 0 Å². The van der Waals surface area contributed by atoms with Crippen LogP contribution in [-0.2, 0) is 0 Å². The van der Waals surface area contributed by atoms with E-state index in [1.54, 1.807) is 10.4 Å². The molecule has 1 saturated carbocycles. The molecule has 3 heteroatoms. The summed E-state index contributed by atoms with van der Waals surface area (Å²) in [4.78, 5) is 7.92. The van der Waals surface area contributed by atoms with E-state index in [1.165, 1.54) is 48.2 Å². The maximum Gasteiger partial charge on any atom is 0.144 e. The number of hydrogen-bond donors (Lipinski definition) is 0. The molecule has 3 aromatic rings. The second-order valence-corrected chi connectivity index (χ2v) is 9.81. The number of hydrogen-bond acceptors (Lipinski definition) is 2. The van der Waals surface area contributed by atoms with Crippen LogP contribution in [0.3, 0.4) is 0 Å². The Bertz CT molecular complexity index is 911. The van der Waals surface area contributed by atoms with Gasteiger partial charge in [0, 0.05) is 27.7 Å². The van der Waals surface area contributed by atoms with E-state index in [9.17, 15) is 0 Å². The number of aromatic nitrogens is 2. The zero-order valence-corrected chi connectivity index (χ0v) is 18.4. The largest absolute Gasteiger partial charge is 0.298 e. The molecule has 2 aromatic heterocycles. The smallest absolute Gasteiger partial charge is 0.144 e. The van der Waals surface area contributed by atoms with Crippen molar-refractivity contribution in [2.45, 2.75) is 77.6 Å². The highest BCUT2D eigenvalue weighted by molar-refractivity contribution is 7.12. The van der Waals surface area contributed by atoms with Gasteiger partial charge in [-0.15, -0.1) is 11.3 Å². The maximum atomic E-state index is 4.75. The Labute approximate surface area is 173 Å². The predicted molar refractivity (Wildman–Crippen MR) is 121 cm³/mol. The molecule has 2 heterocycles. The zero-order chi connectivity index (χ0) is 19.7. The predicted octanol–water partition coefficient (Wildman–Crippen LogP) is 7.90. The topological polar surface area (TPSA) is 17.8 Å². The quantitative estimate of drug-likeness (QED) is 0.431. The van der Waals surface area contributed by atoms with E-state index < -0.39 is 0 Å². The Morgan fingerprint density at radius 3 is 2.32 bits per heavy atom. The summed E-state index contributed by atoms with van der Waals surface area (Å²) in [5.41, 5.74) is 4.16. The lowest BCUT2D eigenvalue weighted by Gasteiger charge is -2.23. The van der Waals surface area contributed by atoms with Crippen molar-refractivity contribution in [3.05, 3.63) is 58.0 Å². The molecule has 148 valence electrons. The molecule has 1 aromatic carbocycles. The van der Waals surface area contributed by atoms with Crippen LogP contribution in [0.25, 0.3) is 17.1 Å². The molecule has 0 atom stereocenters. The lowest BCUT2D eigenvalue weighted by molar-refractivity contribution is 0.445. The van der Waals surface area contributed by atoms with Crippen molar-refractivity contribution in [2.24, 2.45) is 0 Å². The van der Waals surface area contributed by atoms with Crippen LogP contribution in [0, 0.1) is 0 Å². The van der Waals surface area contributed by atoms with Gasteiger partial charge in [-0.1, -0.05) is 77.3 Å². The second kappa shape index (κ2) is 8.24. The lowest BCUT2D eigenvalue weighted by atomic mass is 9.84. The molecule has 0 N–H and O–H groups in total. The summed E-state index contributed by atoms with van der Waals surface area (Å²) in [5.74, 6) is 2.83. The first-order valence-corrected chi connectivity index (χ1v) is 11.6. The van der Waals surface area contributed by atoms with Crippen molar-refractivity contribution in [1.82, 2.24) is 9.55 Å². The molecule has 1 fully saturated rings. The number of benzene rings is 1. The molecular weight excluding hydrogens is 360 g/mol. The van der Waals surface area contributed by atoms with Gasteiger partial charge in [-0.05, 0) is 36.2 Å². The fourth-order valence-corrected chi connectivity index (χ4v) is 6.24. The molecule has 28 heavy (non-hydrogen) atoms. The van der Waals surface area contributed by atoms with Crippen LogP contribution in [0.15, 0.2) is 42.7 Å². The zero-order valence-electron chi connectivity index (χ0n) is 17.6. The van der Waals surface area contributed by atoms with E-state index in [0.29, 0.717) is 11.8 Å². The van der Waals surface area contributed by atoms with Crippen molar-refractivity contribution in [3.8, 4) is 17.1 Å². The Morgan fingerprint density at radius 2 is 1.68 bits per heavy atom. The Hall–Kier alpha value is -1.87. The van der Waals surface area contributed by atoms with Crippen molar-refractivity contribution in [2.75, 3.05) is 0 Å². The monoisotopic (exact) mass is 392 g/mol. The molecule has 0 saturated heterocycles. The minimum Gasteiger partial charge on any atom is -0.298 e. The number of rotatable bonds is 5. The van der Waals surface area contributed by atoms with Crippen LogP contribution in [0.4, 0.5) is 0 Å². The van der Waals surface area contributed by atoms with Crippen LogP contribution >= 0.6 is 11.3 Å². The highest BCUT2D eigenvalue weighted by Gasteiger charge is 2.29. The Kier molecular flexibility index (Phi) is 5.73. The number of nitrogens with zero attached hydrogens (tertiary/aromatic N) is 2. The van der Waals surface area contributed by atoms with E-state index in [0.717, 1.165) is 11.7 Å². The SMILES string of the molecule is CC(C)c1sc(C2CCCCC2)c(C(C)C)c1-n1ccnc1-c1ccccc1. The highest BCUT2D eigenvalue weighted by atomic mass is 32.1. The number of thiophene rings is 1. The summed E-state index contributed by atoms with van der Waals surface area (Å²) in [6, 6.07) is 10.6. The lowest BCUT2D eigenvalue weighted by Crippen LogP contribution is -2.08. The van der Waals surface area contributed by atoms with E-state index in [-0.39, 0.29) is 0 Å². The van der Waals surface area contributed by atoms with Gasteiger partial charge in [0.25, 0.3) is 0 Å². The number of imidazole rings is 1.